The first-order chi connectivity index (χ1) is 11.5. The van der Waals surface area contributed by atoms with Crippen molar-refractivity contribution in [1.29, 1.82) is 0 Å². The van der Waals surface area contributed by atoms with Crippen LogP contribution in [0.2, 0.25) is 0 Å². The topological polar surface area (TPSA) is 67.2 Å². The van der Waals surface area contributed by atoms with Crippen LogP contribution in [0, 0.1) is 0 Å². The standard InChI is InChI=1S/C18H22N4O2/c1-18(2)13-19-10-11-21(18)17(24)15-8-9-16(23)22(20-15)12-14-6-4-3-5-7-14/h3-9,19H,10-13H2,1-2H3. The summed E-state index contributed by atoms with van der Waals surface area (Å²) < 4.78 is 1.35. The van der Waals surface area contributed by atoms with Gasteiger partial charge in [-0.05, 0) is 25.5 Å². The molecule has 126 valence electrons. The molecule has 0 bridgehead atoms. The fourth-order valence-electron chi connectivity index (χ4n) is 2.93. The van der Waals surface area contributed by atoms with Gasteiger partial charge in [0.1, 0.15) is 5.69 Å². The number of nitrogens with zero attached hydrogens (tertiary/aromatic N) is 3. The Balaban J connectivity index is 1.88. The Morgan fingerprint density at radius 1 is 1.21 bits per heavy atom. The summed E-state index contributed by atoms with van der Waals surface area (Å²) >= 11 is 0. The number of nitrogens with one attached hydrogen (secondary N) is 1. The number of benzene rings is 1. The molecule has 2 heterocycles. The predicted molar refractivity (Wildman–Crippen MR) is 92.0 cm³/mol. The minimum atomic E-state index is -0.280. The molecule has 0 spiro atoms. The summed E-state index contributed by atoms with van der Waals surface area (Å²) in [5.74, 6) is -0.136. The molecule has 2 aromatic rings. The minimum absolute atomic E-state index is 0.136. The Kier molecular flexibility index (Phi) is 4.49. The van der Waals surface area contributed by atoms with E-state index in [0.717, 1.165) is 18.7 Å². The first kappa shape index (κ1) is 16.4. The summed E-state index contributed by atoms with van der Waals surface area (Å²) in [5.41, 5.74) is 0.784. The van der Waals surface area contributed by atoms with Crippen molar-refractivity contribution < 1.29 is 4.79 Å². The number of hydrogen-bond acceptors (Lipinski definition) is 4. The van der Waals surface area contributed by atoms with Gasteiger partial charge in [-0.15, -0.1) is 0 Å². The molecule has 24 heavy (non-hydrogen) atoms. The lowest BCUT2D eigenvalue weighted by Gasteiger charge is -2.42. The van der Waals surface area contributed by atoms with E-state index in [-0.39, 0.29) is 17.0 Å². The van der Waals surface area contributed by atoms with Crippen molar-refractivity contribution in [3.63, 3.8) is 0 Å². The number of aromatic nitrogens is 2. The Morgan fingerprint density at radius 2 is 1.96 bits per heavy atom. The summed E-state index contributed by atoms with van der Waals surface area (Å²) in [4.78, 5) is 26.7. The molecule has 1 saturated heterocycles. The summed E-state index contributed by atoms with van der Waals surface area (Å²) in [5, 5.41) is 7.60. The lowest BCUT2D eigenvalue weighted by Crippen LogP contribution is -2.60. The molecular weight excluding hydrogens is 304 g/mol. The number of piperazine rings is 1. The van der Waals surface area contributed by atoms with E-state index in [2.05, 4.69) is 10.4 Å². The predicted octanol–water partition coefficient (Wildman–Crippen LogP) is 1.12. The van der Waals surface area contributed by atoms with Gasteiger partial charge in [0, 0.05) is 25.7 Å². The second-order valence-electron chi connectivity index (χ2n) is 6.65. The van der Waals surface area contributed by atoms with E-state index in [1.807, 2.05) is 49.1 Å². The van der Waals surface area contributed by atoms with E-state index in [1.165, 1.54) is 16.8 Å². The van der Waals surface area contributed by atoms with Crippen molar-refractivity contribution >= 4 is 5.91 Å². The molecule has 1 N–H and O–H groups in total. The van der Waals surface area contributed by atoms with E-state index < -0.39 is 0 Å². The Hall–Kier alpha value is -2.47. The van der Waals surface area contributed by atoms with Crippen LogP contribution in [0.1, 0.15) is 29.9 Å². The van der Waals surface area contributed by atoms with Gasteiger partial charge < -0.3 is 10.2 Å². The maximum atomic E-state index is 12.9. The van der Waals surface area contributed by atoms with E-state index >= 15 is 0 Å². The van der Waals surface area contributed by atoms with Gasteiger partial charge in [0.25, 0.3) is 11.5 Å². The van der Waals surface area contributed by atoms with Gasteiger partial charge in [-0.25, -0.2) is 4.68 Å². The number of carbonyl (C=O) groups is 1. The third-order valence-corrected chi connectivity index (χ3v) is 4.31. The maximum Gasteiger partial charge on any atom is 0.274 e. The first-order valence-corrected chi connectivity index (χ1v) is 8.12. The highest BCUT2D eigenvalue weighted by Gasteiger charge is 2.34. The van der Waals surface area contributed by atoms with Crippen LogP contribution < -0.4 is 10.9 Å². The zero-order valence-corrected chi connectivity index (χ0v) is 14.0. The quantitative estimate of drug-likeness (QED) is 0.918. The summed E-state index contributed by atoms with van der Waals surface area (Å²) in [6.45, 7) is 6.53. The Bertz CT molecular complexity index is 783. The van der Waals surface area contributed by atoms with Crippen LogP contribution in [0.3, 0.4) is 0 Å². The fourth-order valence-corrected chi connectivity index (χ4v) is 2.93. The van der Waals surface area contributed by atoms with Crippen LogP contribution in [0.5, 0.6) is 0 Å². The molecule has 1 aromatic carbocycles. The van der Waals surface area contributed by atoms with Crippen molar-refractivity contribution in [2.75, 3.05) is 19.6 Å². The van der Waals surface area contributed by atoms with Gasteiger partial charge >= 0.3 is 0 Å². The molecule has 3 rings (SSSR count). The van der Waals surface area contributed by atoms with Gasteiger partial charge in [-0.1, -0.05) is 30.3 Å². The molecular formula is C18H22N4O2. The Labute approximate surface area is 141 Å². The first-order valence-electron chi connectivity index (χ1n) is 8.12. The SMILES string of the molecule is CC1(C)CNCCN1C(=O)c1ccc(=O)n(Cc2ccccc2)n1. The molecule has 0 radical (unpaired) electrons. The minimum Gasteiger partial charge on any atom is -0.330 e. The number of rotatable bonds is 3. The second-order valence-corrected chi connectivity index (χ2v) is 6.65. The van der Waals surface area contributed by atoms with E-state index in [1.54, 1.807) is 0 Å². The zero-order valence-electron chi connectivity index (χ0n) is 14.0. The molecule has 6 nitrogen and oxygen atoms in total. The molecule has 0 saturated carbocycles. The summed E-state index contributed by atoms with van der Waals surface area (Å²) in [6, 6.07) is 12.6. The van der Waals surface area contributed by atoms with Crippen molar-refractivity contribution in [2.45, 2.75) is 25.9 Å². The van der Waals surface area contributed by atoms with Crippen molar-refractivity contribution in [1.82, 2.24) is 20.0 Å². The van der Waals surface area contributed by atoms with Crippen LogP contribution in [0.15, 0.2) is 47.3 Å². The van der Waals surface area contributed by atoms with Crippen LogP contribution in [0.25, 0.3) is 0 Å². The summed E-state index contributed by atoms with van der Waals surface area (Å²) in [6.07, 6.45) is 0. The average Bonchev–Trinajstić information content (AvgIpc) is 2.57. The smallest absolute Gasteiger partial charge is 0.274 e. The molecule has 1 aliphatic heterocycles. The van der Waals surface area contributed by atoms with Crippen LogP contribution >= 0.6 is 0 Å². The lowest BCUT2D eigenvalue weighted by molar-refractivity contribution is 0.0468. The molecule has 0 atom stereocenters. The van der Waals surface area contributed by atoms with E-state index in [4.69, 9.17) is 0 Å². The molecule has 0 aliphatic carbocycles. The van der Waals surface area contributed by atoms with Gasteiger partial charge in [0.15, 0.2) is 0 Å². The van der Waals surface area contributed by atoms with Crippen molar-refractivity contribution in [3.05, 3.63) is 64.1 Å². The van der Waals surface area contributed by atoms with Crippen molar-refractivity contribution in [3.8, 4) is 0 Å². The highest BCUT2D eigenvalue weighted by atomic mass is 16.2. The third kappa shape index (κ3) is 3.38. The van der Waals surface area contributed by atoms with Crippen LogP contribution in [0.4, 0.5) is 0 Å². The summed E-state index contributed by atoms with van der Waals surface area (Å²) in [7, 11) is 0. The van der Waals surface area contributed by atoms with Gasteiger partial charge in [0.05, 0.1) is 12.1 Å². The number of amides is 1. The lowest BCUT2D eigenvalue weighted by atomic mass is 9.99. The molecule has 1 aromatic heterocycles. The largest absolute Gasteiger partial charge is 0.330 e. The fraction of sp³-hybridized carbons (Fsp3) is 0.389. The van der Waals surface area contributed by atoms with E-state index in [0.29, 0.717) is 18.8 Å². The average molecular weight is 326 g/mol. The van der Waals surface area contributed by atoms with Crippen LogP contribution in [-0.2, 0) is 6.54 Å². The van der Waals surface area contributed by atoms with Crippen LogP contribution in [-0.4, -0.2) is 45.8 Å². The zero-order chi connectivity index (χ0) is 17.2. The highest BCUT2D eigenvalue weighted by molar-refractivity contribution is 5.92. The third-order valence-electron chi connectivity index (χ3n) is 4.31. The molecule has 6 heteroatoms. The molecule has 1 aliphatic rings. The number of carbonyl (C=O) groups excluding carboxylic acids is 1. The van der Waals surface area contributed by atoms with Gasteiger partial charge in [0.2, 0.25) is 0 Å². The monoisotopic (exact) mass is 326 g/mol. The van der Waals surface area contributed by atoms with Gasteiger partial charge in [-0.2, -0.15) is 5.10 Å². The normalized spacial score (nSPS) is 16.8. The van der Waals surface area contributed by atoms with Crippen molar-refractivity contribution in [2.24, 2.45) is 0 Å². The highest BCUT2D eigenvalue weighted by Crippen LogP contribution is 2.18. The van der Waals surface area contributed by atoms with Gasteiger partial charge in [-0.3, -0.25) is 9.59 Å². The maximum absolute atomic E-state index is 12.9. The molecule has 0 unspecified atom stereocenters. The second kappa shape index (κ2) is 6.57. The molecule has 1 amide bonds. The van der Waals surface area contributed by atoms with E-state index in [9.17, 15) is 9.59 Å². The Morgan fingerprint density at radius 3 is 2.67 bits per heavy atom. The number of hydrogen-bond donors (Lipinski definition) is 1. The molecule has 1 fully saturated rings.